The van der Waals surface area contributed by atoms with Crippen LogP contribution in [0.25, 0.3) is 11.4 Å². The molecule has 3 rings (SSSR count). The number of rotatable bonds is 6. The Kier molecular flexibility index (Phi) is 6.19. The van der Waals surface area contributed by atoms with Gasteiger partial charge in [0.1, 0.15) is 5.75 Å². The first-order valence-corrected chi connectivity index (χ1v) is 10.0. The Morgan fingerprint density at radius 3 is 2.69 bits per heavy atom. The largest absolute Gasteiger partial charge is 0.497 e. The van der Waals surface area contributed by atoms with Crippen LogP contribution in [0.3, 0.4) is 0 Å². The molecule has 1 saturated carbocycles. The molecule has 140 valence electrons. The molecule has 6 nitrogen and oxygen atoms in total. The third-order valence-electron chi connectivity index (χ3n) is 4.97. The highest BCUT2D eigenvalue weighted by Crippen LogP contribution is 2.26. The summed E-state index contributed by atoms with van der Waals surface area (Å²) in [5.41, 5.74) is 0.966. The van der Waals surface area contributed by atoms with Crippen LogP contribution < -0.4 is 10.1 Å². The van der Waals surface area contributed by atoms with Crippen molar-refractivity contribution in [3.8, 4) is 17.1 Å². The zero-order valence-corrected chi connectivity index (χ0v) is 16.4. The van der Waals surface area contributed by atoms with Gasteiger partial charge in [0.25, 0.3) is 0 Å². The van der Waals surface area contributed by atoms with E-state index in [4.69, 9.17) is 4.74 Å². The van der Waals surface area contributed by atoms with Gasteiger partial charge in [0.15, 0.2) is 11.0 Å². The SMILES string of the molecule is COc1ccc(-c2nnc(SCC(=O)N[C@H]3CCCC[C@@H]3C)n2C)cc1. The van der Waals surface area contributed by atoms with Gasteiger partial charge in [-0.15, -0.1) is 10.2 Å². The Bertz CT molecular complexity index is 744. The number of aromatic nitrogens is 3. The van der Waals surface area contributed by atoms with Crippen LogP contribution in [-0.4, -0.2) is 39.6 Å². The number of methoxy groups -OCH3 is 1. The maximum Gasteiger partial charge on any atom is 0.230 e. The van der Waals surface area contributed by atoms with E-state index in [9.17, 15) is 4.79 Å². The second-order valence-corrected chi connectivity index (χ2v) is 7.76. The van der Waals surface area contributed by atoms with E-state index in [0.717, 1.165) is 28.7 Å². The molecule has 0 spiro atoms. The number of hydrogen-bond donors (Lipinski definition) is 1. The summed E-state index contributed by atoms with van der Waals surface area (Å²) in [4.78, 5) is 12.3. The van der Waals surface area contributed by atoms with Crippen molar-refractivity contribution in [3.63, 3.8) is 0 Å². The van der Waals surface area contributed by atoms with Gasteiger partial charge in [-0.05, 0) is 43.0 Å². The molecule has 26 heavy (non-hydrogen) atoms. The summed E-state index contributed by atoms with van der Waals surface area (Å²) >= 11 is 1.42. The molecule has 1 N–H and O–H groups in total. The molecular weight excluding hydrogens is 348 g/mol. The third-order valence-corrected chi connectivity index (χ3v) is 5.99. The number of nitrogens with one attached hydrogen (secondary N) is 1. The minimum Gasteiger partial charge on any atom is -0.497 e. The minimum atomic E-state index is 0.0720. The first-order valence-electron chi connectivity index (χ1n) is 9.04. The highest BCUT2D eigenvalue weighted by atomic mass is 32.2. The molecule has 1 heterocycles. The van der Waals surface area contributed by atoms with E-state index in [2.05, 4.69) is 22.4 Å². The standard InChI is InChI=1S/C19H26N4O2S/c1-13-6-4-5-7-16(13)20-17(24)12-26-19-22-21-18(23(19)2)14-8-10-15(25-3)11-9-14/h8-11,13,16H,4-7,12H2,1-3H3,(H,20,24)/t13-,16-/m0/s1. The number of nitrogens with zero attached hydrogens (tertiary/aromatic N) is 3. The highest BCUT2D eigenvalue weighted by molar-refractivity contribution is 7.99. The number of benzene rings is 1. The van der Waals surface area contributed by atoms with Gasteiger partial charge in [0.05, 0.1) is 12.9 Å². The fourth-order valence-corrected chi connectivity index (χ4v) is 4.06. The lowest BCUT2D eigenvalue weighted by Crippen LogP contribution is -2.41. The van der Waals surface area contributed by atoms with Gasteiger partial charge in [0.2, 0.25) is 5.91 Å². The van der Waals surface area contributed by atoms with Gasteiger partial charge in [-0.1, -0.05) is 31.5 Å². The molecule has 1 aromatic carbocycles. The molecule has 1 fully saturated rings. The predicted octanol–water partition coefficient (Wildman–Crippen LogP) is 3.28. The third kappa shape index (κ3) is 4.38. The van der Waals surface area contributed by atoms with Crippen LogP contribution in [0.15, 0.2) is 29.4 Å². The molecular formula is C19H26N4O2S. The predicted molar refractivity (Wildman–Crippen MR) is 103 cm³/mol. The van der Waals surface area contributed by atoms with Crippen molar-refractivity contribution in [2.45, 2.75) is 43.8 Å². The Hall–Kier alpha value is -2.02. The number of hydrogen-bond acceptors (Lipinski definition) is 5. The second kappa shape index (κ2) is 8.58. The van der Waals surface area contributed by atoms with Crippen LogP contribution in [-0.2, 0) is 11.8 Å². The Balaban J connectivity index is 1.58. The molecule has 2 atom stereocenters. The van der Waals surface area contributed by atoms with Crippen molar-refractivity contribution >= 4 is 17.7 Å². The summed E-state index contributed by atoms with van der Waals surface area (Å²) in [6.07, 6.45) is 4.77. The van der Waals surface area contributed by atoms with Crippen LogP contribution in [0, 0.1) is 5.92 Å². The van der Waals surface area contributed by atoms with Gasteiger partial charge in [-0.2, -0.15) is 0 Å². The molecule has 1 aliphatic carbocycles. The summed E-state index contributed by atoms with van der Waals surface area (Å²) in [7, 11) is 3.56. The number of carbonyl (C=O) groups is 1. The Morgan fingerprint density at radius 1 is 1.27 bits per heavy atom. The molecule has 1 aromatic heterocycles. The zero-order valence-electron chi connectivity index (χ0n) is 15.6. The van der Waals surface area contributed by atoms with E-state index in [1.165, 1.54) is 31.0 Å². The van der Waals surface area contributed by atoms with E-state index < -0.39 is 0 Å². The van der Waals surface area contributed by atoms with Gasteiger partial charge < -0.3 is 14.6 Å². The number of thioether (sulfide) groups is 1. The summed E-state index contributed by atoms with van der Waals surface area (Å²) < 4.78 is 7.10. The topological polar surface area (TPSA) is 69.0 Å². The summed E-state index contributed by atoms with van der Waals surface area (Å²) in [6.45, 7) is 2.22. The quantitative estimate of drug-likeness (QED) is 0.786. The van der Waals surface area contributed by atoms with Crippen LogP contribution in [0.5, 0.6) is 5.75 Å². The maximum atomic E-state index is 12.3. The van der Waals surface area contributed by atoms with Gasteiger partial charge >= 0.3 is 0 Å². The molecule has 0 unspecified atom stereocenters. The first-order chi connectivity index (χ1) is 12.6. The molecule has 0 aliphatic heterocycles. The average Bonchev–Trinajstić information content (AvgIpc) is 3.02. The van der Waals surface area contributed by atoms with Gasteiger partial charge in [-0.25, -0.2) is 0 Å². The first kappa shape index (κ1) is 18.8. The molecule has 0 radical (unpaired) electrons. The average molecular weight is 375 g/mol. The lowest BCUT2D eigenvalue weighted by atomic mass is 9.86. The van der Waals surface area contributed by atoms with E-state index in [1.807, 2.05) is 35.9 Å². The molecule has 0 bridgehead atoms. The smallest absolute Gasteiger partial charge is 0.230 e. The molecule has 1 amide bonds. The summed E-state index contributed by atoms with van der Waals surface area (Å²) in [5.74, 6) is 2.57. The van der Waals surface area contributed by atoms with Crippen molar-refractivity contribution < 1.29 is 9.53 Å². The fraction of sp³-hybridized carbons (Fsp3) is 0.526. The van der Waals surface area contributed by atoms with Crippen molar-refractivity contribution in [1.29, 1.82) is 0 Å². The van der Waals surface area contributed by atoms with Crippen molar-refractivity contribution in [2.75, 3.05) is 12.9 Å². The van der Waals surface area contributed by atoms with E-state index in [-0.39, 0.29) is 5.91 Å². The van der Waals surface area contributed by atoms with Crippen molar-refractivity contribution in [3.05, 3.63) is 24.3 Å². The van der Waals surface area contributed by atoms with Crippen LogP contribution in [0.2, 0.25) is 0 Å². The Labute approximate surface area is 158 Å². The van der Waals surface area contributed by atoms with Crippen molar-refractivity contribution in [1.82, 2.24) is 20.1 Å². The lowest BCUT2D eigenvalue weighted by Gasteiger charge is -2.29. The zero-order chi connectivity index (χ0) is 18.5. The van der Waals surface area contributed by atoms with Gasteiger partial charge in [0, 0.05) is 18.7 Å². The second-order valence-electron chi connectivity index (χ2n) is 6.82. The van der Waals surface area contributed by atoms with Crippen molar-refractivity contribution in [2.24, 2.45) is 13.0 Å². The maximum absolute atomic E-state index is 12.3. The molecule has 2 aromatic rings. The molecule has 1 aliphatic rings. The van der Waals surface area contributed by atoms with E-state index >= 15 is 0 Å². The van der Waals surface area contributed by atoms with E-state index in [0.29, 0.717) is 17.7 Å². The molecule has 7 heteroatoms. The lowest BCUT2D eigenvalue weighted by molar-refractivity contribution is -0.119. The number of amides is 1. The summed E-state index contributed by atoms with van der Waals surface area (Å²) in [5, 5.41) is 12.4. The highest BCUT2D eigenvalue weighted by Gasteiger charge is 2.23. The summed E-state index contributed by atoms with van der Waals surface area (Å²) in [6, 6.07) is 8.01. The van der Waals surface area contributed by atoms with Crippen LogP contribution in [0.1, 0.15) is 32.6 Å². The van der Waals surface area contributed by atoms with Crippen LogP contribution in [0.4, 0.5) is 0 Å². The normalized spacial score (nSPS) is 20.0. The number of carbonyl (C=O) groups excluding carboxylic acids is 1. The monoisotopic (exact) mass is 374 g/mol. The Morgan fingerprint density at radius 2 is 2.00 bits per heavy atom. The number of ether oxygens (including phenoxy) is 1. The van der Waals surface area contributed by atoms with E-state index in [1.54, 1.807) is 7.11 Å². The molecule has 0 saturated heterocycles. The van der Waals surface area contributed by atoms with Gasteiger partial charge in [-0.3, -0.25) is 4.79 Å². The fourth-order valence-electron chi connectivity index (χ4n) is 3.34. The minimum absolute atomic E-state index is 0.0720. The van der Waals surface area contributed by atoms with Crippen LogP contribution >= 0.6 is 11.8 Å².